The van der Waals surface area contributed by atoms with E-state index in [0.717, 1.165) is 12.0 Å². The Kier molecular flexibility index (Phi) is 5.48. The van der Waals surface area contributed by atoms with Crippen LogP contribution in [0.3, 0.4) is 0 Å². The summed E-state index contributed by atoms with van der Waals surface area (Å²) >= 11 is 2.06. The maximum Gasteiger partial charge on any atom is 0.00930 e. The van der Waals surface area contributed by atoms with Crippen LogP contribution < -0.4 is 5.32 Å². The van der Waals surface area contributed by atoms with Crippen LogP contribution in [-0.2, 0) is 0 Å². The van der Waals surface area contributed by atoms with Crippen LogP contribution in [0.25, 0.3) is 0 Å². The van der Waals surface area contributed by atoms with Crippen molar-refractivity contribution in [3.05, 3.63) is 0 Å². The summed E-state index contributed by atoms with van der Waals surface area (Å²) in [5.74, 6) is 2.13. The average Bonchev–Trinajstić information content (AvgIpc) is 2.13. The van der Waals surface area contributed by atoms with Crippen molar-refractivity contribution >= 4 is 11.8 Å². The lowest BCUT2D eigenvalue weighted by atomic mass is 9.86. The highest BCUT2D eigenvalue weighted by molar-refractivity contribution is 8.00. The van der Waals surface area contributed by atoms with Gasteiger partial charge >= 0.3 is 0 Å². The quantitative estimate of drug-likeness (QED) is 0.738. The van der Waals surface area contributed by atoms with E-state index in [-0.39, 0.29) is 0 Å². The molecular weight excluding hydrogens is 202 g/mol. The molecule has 1 aliphatic carbocycles. The molecule has 1 fully saturated rings. The Bertz CT molecular complexity index is 174. The zero-order chi connectivity index (χ0) is 11.3. The van der Waals surface area contributed by atoms with E-state index < -0.39 is 0 Å². The van der Waals surface area contributed by atoms with E-state index in [4.69, 9.17) is 0 Å². The zero-order valence-corrected chi connectivity index (χ0v) is 11.6. The van der Waals surface area contributed by atoms with Gasteiger partial charge in [0.2, 0.25) is 0 Å². The molecule has 0 saturated heterocycles. The van der Waals surface area contributed by atoms with Crippen LogP contribution in [0.1, 0.15) is 53.4 Å². The van der Waals surface area contributed by atoms with Gasteiger partial charge in [0, 0.05) is 23.1 Å². The smallest absolute Gasteiger partial charge is 0.00930 e. The summed E-state index contributed by atoms with van der Waals surface area (Å²) in [6.07, 6.45) is 5.68. The Balaban J connectivity index is 2.08. The van der Waals surface area contributed by atoms with Gasteiger partial charge in [-0.2, -0.15) is 11.8 Å². The highest BCUT2D eigenvalue weighted by Gasteiger charge is 2.20. The molecule has 2 heteroatoms. The van der Waals surface area contributed by atoms with Crippen molar-refractivity contribution in [3.63, 3.8) is 0 Å². The van der Waals surface area contributed by atoms with Crippen LogP contribution in [0, 0.1) is 5.92 Å². The second-order valence-corrected chi connectivity index (χ2v) is 7.70. The molecule has 2 atom stereocenters. The lowest BCUT2D eigenvalue weighted by Gasteiger charge is -2.30. The van der Waals surface area contributed by atoms with Crippen molar-refractivity contribution in [3.8, 4) is 0 Å². The van der Waals surface area contributed by atoms with E-state index in [9.17, 15) is 0 Å². The van der Waals surface area contributed by atoms with Crippen LogP contribution in [0.15, 0.2) is 0 Å². The van der Waals surface area contributed by atoms with E-state index in [1.165, 1.54) is 38.0 Å². The van der Waals surface area contributed by atoms with Gasteiger partial charge < -0.3 is 5.32 Å². The van der Waals surface area contributed by atoms with Crippen LogP contribution in [-0.4, -0.2) is 23.1 Å². The Hall–Kier alpha value is 0.310. The van der Waals surface area contributed by atoms with E-state index in [2.05, 4.69) is 44.8 Å². The minimum absolute atomic E-state index is 0.417. The molecule has 0 amide bonds. The molecule has 0 aromatic rings. The number of thioether (sulfide) groups is 1. The van der Waals surface area contributed by atoms with Crippen molar-refractivity contribution in [2.45, 2.75) is 64.2 Å². The molecule has 15 heavy (non-hydrogen) atoms. The minimum atomic E-state index is 0.417. The molecule has 1 saturated carbocycles. The maximum atomic E-state index is 3.72. The van der Waals surface area contributed by atoms with Gasteiger partial charge in [0.25, 0.3) is 0 Å². The second-order valence-electron chi connectivity index (χ2n) is 5.78. The fourth-order valence-electron chi connectivity index (χ4n) is 2.22. The normalized spacial score (nSPS) is 28.0. The summed E-state index contributed by atoms with van der Waals surface area (Å²) in [7, 11) is 0. The molecule has 0 heterocycles. The summed E-state index contributed by atoms with van der Waals surface area (Å²) in [5.41, 5.74) is 0. The van der Waals surface area contributed by atoms with Crippen molar-refractivity contribution in [1.29, 1.82) is 0 Å². The van der Waals surface area contributed by atoms with Gasteiger partial charge in [-0.15, -0.1) is 0 Å². The summed E-state index contributed by atoms with van der Waals surface area (Å²) in [4.78, 5) is 0. The van der Waals surface area contributed by atoms with E-state index in [1.807, 2.05) is 0 Å². The molecule has 0 aromatic carbocycles. The maximum absolute atomic E-state index is 3.72. The number of hydrogen-bond acceptors (Lipinski definition) is 2. The highest BCUT2D eigenvalue weighted by atomic mass is 32.2. The predicted octanol–water partition coefficient (Wildman–Crippen LogP) is 3.69. The van der Waals surface area contributed by atoms with E-state index in [1.54, 1.807) is 0 Å². The first kappa shape index (κ1) is 13.4. The van der Waals surface area contributed by atoms with Crippen molar-refractivity contribution in [2.24, 2.45) is 5.92 Å². The molecule has 2 unspecified atom stereocenters. The average molecular weight is 229 g/mol. The largest absolute Gasteiger partial charge is 0.313 e. The van der Waals surface area contributed by atoms with Crippen LogP contribution in [0.4, 0.5) is 0 Å². The summed E-state index contributed by atoms with van der Waals surface area (Å²) in [6, 6.07) is 0.791. The fourth-order valence-corrected chi connectivity index (χ4v) is 3.05. The van der Waals surface area contributed by atoms with Crippen LogP contribution in [0.5, 0.6) is 0 Å². The van der Waals surface area contributed by atoms with Gasteiger partial charge in [-0.05, 0) is 18.8 Å². The molecule has 1 aliphatic rings. The first-order valence-corrected chi connectivity index (χ1v) is 7.35. The third kappa shape index (κ3) is 5.82. The summed E-state index contributed by atoms with van der Waals surface area (Å²) in [6.45, 7) is 10.5. The summed E-state index contributed by atoms with van der Waals surface area (Å²) in [5, 5.41) is 3.72. The SMILES string of the molecule is CC1CCCCC1NCCSC(C)(C)C. The number of rotatable bonds is 4. The molecule has 90 valence electrons. The van der Waals surface area contributed by atoms with Crippen molar-refractivity contribution in [2.75, 3.05) is 12.3 Å². The molecule has 1 N–H and O–H groups in total. The lowest BCUT2D eigenvalue weighted by Crippen LogP contribution is -2.38. The van der Waals surface area contributed by atoms with Gasteiger partial charge in [-0.25, -0.2) is 0 Å². The molecule has 0 aliphatic heterocycles. The Labute approximate surface area is 99.8 Å². The van der Waals surface area contributed by atoms with Crippen molar-refractivity contribution < 1.29 is 0 Å². The Morgan fingerprint density at radius 3 is 2.47 bits per heavy atom. The standard InChI is InChI=1S/C13H27NS/c1-11-7-5-6-8-12(11)14-9-10-15-13(2,3)4/h11-12,14H,5-10H2,1-4H3. The van der Waals surface area contributed by atoms with Gasteiger partial charge in [-0.1, -0.05) is 40.5 Å². The lowest BCUT2D eigenvalue weighted by molar-refractivity contribution is 0.285. The summed E-state index contributed by atoms with van der Waals surface area (Å²) < 4.78 is 0.417. The molecule has 1 nitrogen and oxygen atoms in total. The Morgan fingerprint density at radius 2 is 1.87 bits per heavy atom. The molecule has 1 rings (SSSR count). The predicted molar refractivity (Wildman–Crippen MR) is 71.6 cm³/mol. The molecular formula is C13H27NS. The molecule has 0 bridgehead atoms. The Morgan fingerprint density at radius 1 is 1.20 bits per heavy atom. The van der Waals surface area contributed by atoms with Gasteiger partial charge in [0.1, 0.15) is 0 Å². The van der Waals surface area contributed by atoms with Crippen LogP contribution >= 0.6 is 11.8 Å². The topological polar surface area (TPSA) is 12.0 Å². The minimum Gasteiger partial charge on any atom is -0.313 e. The molecule has 0 aromatic heterocycles. The molecule has 0 spiro atoms. The third-order valence-electron chi connectivity index (χ3n) is 3.16. The first-order valence-electron chi connectivity index (χ1n) is 6.36. The zero-order valence-electron chi connectivity index (χ0n) is 10.8. The fraction of sp³-hybridized carbons (Fsp3) is 1.00. The van der Waals surface area contributed by atoms with Gasteiger partial charge in [0.05, 0.1) is 0 Å². The molecule has 0 radical (unpaired) electrons. The highest BCUT2D eigenvalue weighted by Crippen LogP contribution is 2.25. The van der Waals surface area contributed by atoms with Crippen LogP contribution in [0.2, 0.25) is 0 Å². The third-order valence-corrected chi connectivity index (χ3v) is 4.43. The first-order chi connectivity index (χ1) is 6.99. The van der Waals surface area contributed by atoms with Gasteiger partial charge in [-0.3, -0.25) is 0 Å². The van der Waals surface area contributed by atoms with Gasteiger partial charge in [0.15, 0.2) is 0 Å². The van der Waals surface area contributed by atoms with E-state index >= 15 is 0 Å². The van der Waals surface area contributed by atoms with E-state index in [0.29, 0.717) is 4.75 Å². The number of hydrogen-bond donors (Lipinski definition) is 1. The van der Waals surface area contributed by atoms with Crippen molar-refractivity contribution in [1.82, 2.24) is 5.32 Å². The number of nitrogens with one attached hydrogen (secondary N) is 1. The second kappa shape index (κ2) is 6.15. The monoisotopic (exact) mass is 229 g/mol.